The van der Waals surface area contributed by atoms with Gasteiger partial charge in [-0.05, 0) is 35.2 Å². The SMILES string of the molecule is Cc1sc2ccc3ccccc3c2c1-c1cccs1. The van der Waals surface area contributed by atoms with Crippen LogP contribution in [0.2, 0.25) is 0 Å². The van der Waals surface area contributed by atoms with Crippen molar-refractivity contribution in [3.63, 3.8) is 0 Å². The first-order chi connectivity index (χ1) is 9.34. The fourth-order valence-corrected chi connectivity index (χ4v) is 4.70. The van der Waals surface area contributed by atoms with Gasteiger partial charge in [-0.1, -0.05) is 36.4 Å². The third-order valence-electron chi connectivity index (χ3n) is 3.52. The molecule has 0 amide bonds. The van der Waals surface area contributed by atoms with Crippen LogP contribution < -0.4 is 0 Å². The van der Waals surface area contributed by atoms with Crippen molar-refractivity contribution in [3.8, 4) is 10.4 Å². The molecule has 19 heavy (non-hydrogen) atoms. The van der Waals surface area contributed by atoms with Gasteiger partial charge in [0.15, 0.2) is 0 Å². The van der Waals surface area contributed by atoms with Gasteiger partial charge in [0.2, 0.25) is 0 Å². The second-order valence-corrected chi connectivity index (χ2v) is 6.87. The number of fused-ring (bicyclic) bond motifs is 3. The summed E-state index contributed by atoms with van der Waals surface area (Å²) in [4.78, 5) is 2.79. The molecule has 0 saturated carbocycles. The normalized spacial score (nSPS) is 11.4. The quantitative estimate of drug-likeness (QED) is 0.395. The lowest BCUT2D eigenvalue weighted by atomic mass is 10.0. The number of aryl methyl sites for hydroxylation is 1. The van der Waals surface area contributed by atoms with Crippen LogP contribution in [0.4, 0.5) is 0 Å². The maximum Gasteiger partial charge on any atom is 0.0360 e. The van der Waals surface area contributed by atoms with Crippen molar-refractivity contribution in [1.29, 1.82) is 0 Å². The zero-order valence-corrected chi connectivity index (χ0v) is 12.1. The molecule has 0 bridgehead atoms. The summed E-state index contributed by atoms with van der Waals surface area (Å²) in [6.45, 7) is 2.23. The van der Waals surface area contributed by atoms with Crippen molar-refractivity contribution in [3.05, 3.63) is 58.8 Å². The first kappa shape index (κ1) is 11.2. The van der Waals surface area contributed by atoms with Crippen LogP contribution in [0.3, 0.4) is 0 Å². The Bertz CT molecular complexity index is 867. The Morgan fingerprint density at radius 2 is 1.79 bits per heavy atom. The molecule has 0 aliphatic heterocycles. The average molecular weight is 280 g/mol. The van der Waals surface area contributed by atoms with Crippen LogP contribution >= 0.6 is 22.7 Å². The molecular formula is C17H12S2. The number of hydrogen-bond donors (Lipinski definition) is 0. The molecule has 0 atom stereocenters. The van der Waals surface area contributed by atoms with Gasteiger partial charge in [0.1, 0.15) is 0 Å². The van der Waals surface area contributed by atoms with E-state index >= 15 is 0 Å². The molecule has 2 heterocycles. The van der Waals surface area contributed by atoms with E-state index in [1.54, 1.807) is 0 Å². The maximum atomic E-state index is 2.26. The first-order valence-electron chi connectivity index (χ1n) is 6.29. The highest BCUT2D eigenvalue weighted by molar-refractivity contribution is 7.20. The van der Waals surface area contributed by atoms with E-state index in [4.69, 9.17) is 0 Å². The van der Waals surface area contributed by atoms with E-state index in [1.165, 1.54) is 36.2 Å². The van der Waals surface area contributed by atoms with Crippen LogP contribution in [-0.2, 0) is 0 Å². The lowest BCUT2D eigenvalue weighted by Gasteiger charge is -2.03. The van der Waals surface area contributed by atoms with Crippen LogP contribution in [0.25, 0.3) is 31.3 Å². The lowest BCUT2D eigenvalue weighted by Crippen LogP contribution is -1.76. The van der Waals surface area contributed by atoms with Crippen molar-refractivity contribution in [2.45, 2.75) is 6.92 Å². The molecule has 0 fully saturated rings. The van der Waals surface area contributed by atoms with Gasteiger partial charge in [-0.3, -0.25) is 0 Å². The van der Waals surface area contributed by atoms with E-state index in [0.717, 1.165) is 0 Å². The summed E-state index contributed by atoms with van der Waals surface area (Å²) in [6.07, 6.45) is 0. The molecule has 0 N–H and O–H groups in total. The van der Waals surface area contributed by atoms with Crippen LogP contribution in [0.5, 0.6) is 0 Å². The van der Waals surface area contributed by atoms with Gasteiger partial charge in [-0.15, -0.1) is 22.7 Å². The highest BCUT2D eigenvalue weighted by Gasteiger charge is 2.14. The molecule has 0 aliphatic carbocycles. The first-order valence-corrected chi connectivity index (χ1v) is 7.99. The summed E-state index contributed by atoms with van der Waals surface area (Å²) in [7, 11) is 0. The smallest absolute Gasteiger partial charge is 0.0360 e. The Morgan fingerprint density at radius 3 is 2.63 bits per heavy atom. The van der Waals surface area contributed by atoms with E-state index in [2.05, 4.69) is 60.8 Å². The Hall–Kier alpha value is -1.64. The topological polar surface area (TPSA) is 0 Å². The molecular weight excluding hydrogens is 268 g/mol. The largest absolute Gasteiger partial charge is 0.144 e. The van der Waals surface area contributed by atoms with E-state index in [1.807, 2.05) is 22.7 Å². The molecule has 92 valence electrons. The molecule has 4 aromatic rings. The van der Waals surface area contributed by atoms with Crippen LogP contribution in [0, 0.1) is 6.92 Å². The second-order valence-electron chi connectivity index (χ2n) is 4.67. The van der Waals surface area contributed by atoms with Gasteiger partial charge in [0.05, 0.1) is 0 Å². The Labute approximate surface area is 119 Å². The van der Waals surface area contributed by atoms with E-state index in [-0.39, 0.29) is 0 Å². The fraction of sp³-hybridized carbons (Fsp3) is 0.0588. The van der Waals surface area contributed by atoms with Crippen LogP contribution in [0.15, 0.2) is 53.9 Å². The lowest BCUT2D eigenvalue weighted by molar-refractivity contribution is 1.65. The minimum atomic E-state index is 1.32. The highest BCUT2D eigenvalue weighted by Crippen LogP contribution is 2.43. The van der Waals surface area contributed by atoms with Crippen molar-refractivity contribution in [2.75, 3.05) is 0 Å². The van der Waals surface area contributed by atoms with E-state index in [0.29, 0.717) is 0 Å². The molecule has 0 radical (unpaired) electrons. The van der Waals surface area contributed by atoms with Crippen molar-refractivity contribution < 1.29 is 0 Å². The second kappa shape index (κ2) is 4.19. The van der Waals surface area contributed by atoms with Crippen LogP contribution in [-0.4, -0.2) is 0 Å². The van der Waals surface area contributed by atoms with Crippen molar-refractivity contribution in [1.82, 2.24) is 0 Å². The highest BCUT2D eigenvalue weighted by atomic mass is 32.1. The monoisotopic (exact) mass is 280 g/mol. The number of hydrogen-bond acceptors (Lipinski definition) is 2. The standard InChI is InChI=1S/C17H12S2/c1-11-16(14-7-4-10-18-14)17-13-6-3-2-5-12(13)8-9-15(17)19-11/h2-10H,1H3. The Balaban J connectivity index is 2.23. The molecule has 2 heteroatoms. The Kier molecular flexibility index (Phi) is 2.47. The van der Waals surface area contributed by atoms with Crippen LogP contribution in [0.1, 0.15) is 4.88 Å². The Morgan fingerprint density at radius 1 is 0.895 bits per heavy atom. The molecule has 0 nitrogen and oxygen atoms in total. The number of thiophene rings is 2. The predicted octanol–water partition coefficient (Wildman–Crippen LogP) is 6.09. The van der Waals surface area contributed by atoms with Gasteiger partial charge in [0, 0.05) is 25.4 Å². The third kappa shape index (κ3) is 1.64. The average Bonchev–Trinajstić information content (AvgIpc) is 3.04. The van der Waals surface area contributed by atoms with Gasteiger partial charge >= 0.3 is 0 Å². The molecule has 2 aromatic carbocycles. The summed E-state index contributed by atoms with van der Waals surface area (Å²) >= 11 is 3.72. The van der Waals surface area contributed by atoms with Crippen molar-refractivity contribution in [2.24, 2.45) is 0 Å². The predicted molar refractivity (Wildman–Crippen MR) is 87.4 cm³/mol. The zero-order chi connectivity index (χ0) is 12.8. The van der Waals surface area contributed by atoms with Gasteiger partial charge in [-0.2, -0.15) is 0 Å². The summed E-state index contributed by atoms with van der Waals surface area (Å²) in [5, 5.41) is 6.27. The molecule has 0 saturated heterocycles. The van der Waals surface area contributed by atoms with Gasteiger partial charge < -0.3 is 0 Å². The molecule has 0 spiro atoms. The van der Waals surface area contributed by atoms with E-state index < -0.39 is 0 Å². The molecule has 0 unspecified atom stereocenters. The minimum Gasteiger partial charge on any atom is -0.144 e. The summed E-state index contributed by atoms with van der Waals surface area (Å²) in [5.41, 5.74) is 1.42. The molecule has 2 aromatic heterocycles. The maximum absolute atomic E-state index is 2.26. The number of benzene rings is 2. The van der Waals surface area contributed by atoms with Crippen molar-refractivity contribution >= 4 is 43.5 Å². The number of rotatable bonds is 1. The molecule has 0 aliphatic rings. The molecule has 4 rings (SSSR count). The van der Waals surface area contributed by atoms with E-state index in [9.17, 15) is 0 Å². The summed E-state index contributed by atoms with van der Waals surface area (Å²) in [5.74, 6) is 0. The zero-order valence-electron chi connectivity index (χ0n) is 10.5. The fourth-order valence-electron chi connectivity index (χ4n) is 2.70. The third-order valence-corrected chi connectivity index (χ3v) is 5.48. The summed E-state index contributed by atoms with van der Waals surface area (Å²) in [6, 6.07) is 17.5. The van der Waals surface area contributed by atoms with Gasteiger partial charge in [0.25, 0.3) is 0 Å². The minimum absolute atomic E-state index is 1.32. The van der Waals surface area contributed by atoms with Gasteiger partial charge in [-0.25, -0.2) is 0 Å². The summed E-state index contributed by atoms with van der Waals surface area (Å²) < 4.78 is 1.39.